The van der Waals surface area contributed by atoms with Gasteiger partial charge in [0, 0.05) is 13.0 Å². The molecule has 14 heavy (non-hydrogen) atoms. The Labute approximate surface area is 86.1 Å². The Morgan fingerprint density at radius 3 is 2.64 bits per heavy atom. The van der Waals surface area contributed by atoms with Gasteiger partial charge in [0.05, 0.1) is 0 Å². The fourth-order valence-electron chi connectivity index (χ4n) is 1.73. The van der Waals surface area contributed by atoms with Crippen molar-refractivity contribution in [2.75, 3.05) is 19.6 Å². The van der Waals surface area contributed by atoms with Crippen molar-refractivity contribution < 1.29 is 9.90 Å². The van der Waals surface area contributed by atoms with Gasteiger partial charge in [0.1, 0.15) is 0 Å². The summed E-state index contributed by atoms with van der Waals surface area (Å²) in [5.41, 5.74) is 0. The molecule has 0 aromatic rings. The maximum Gasteiger partial charge on any atom is 0.303 e. The summed E-state index contributed by atoms with van der Waals surface area (Å²) < 4.78 is 0. The molecule has 0 aromatic heterocycles. The largest absolute Gasteiger partial charge is 0.481 e. The van der Waals surface area contributed by atoms with Crippen LogP contribution in [0.1, 0.15) is 39.0 Å². The molecule has 0 heterocycles. The Kier molecular flexibility index (Phi) is 4.94. The van der Waals surface area contributed by atoms with Crippen LogP contribution in [0.3, 0.4) is 0 Å². The van der Waals surface area contributed by atoms with Crippen molar-refractivity contribution in [2.24, 2.45) is 5.92 Å². The molecule has 0 amide bonds. The van der Waals surface area contributed by atoms with Crippen LogP contribution < -0.4 is 0 Å². The third kappa shape index (κ3) is 5.22. The first-order valence-electron chi connectivity index (χ1n) is 5.66. The minimum absolute atomic E-state index is 0.310. The van der Waals surface area contributed by atoms with Crippen LogP contribution in [-0.4, -0.2) is 35.6 Å². The molecule has 0 radical (unpaired) electrons. The summed E-state index contributed by atoms with van der Waals surface area (Å²) in [7, 11) is 0. The van der Waals surface area contributed by atoms with E-state index in [-0.39, 0.29) is 0 Å². The molecule has 82 valence electrons. The van der Waals surface area contributed by atoms with Gasteiger partial charge < -0.3 is 10.0 Å². The number of carbonyl (C=O) groups is 1. The summed E-state index contributed by atoms with van der Waals surface area (Å²) in [6.45, 7) is 5.44. The van der Waals surface area contributed by atoms with Gasteiger partial charge in [0.15, 0.2) is 0 Å². The molecule has 0 spiro atoms. The number of hydrogen-bond donors (Lipinski definition) is 1. The van der Waals surface area contributed by atoms with E-state index in [1.54, 1.807) is 0 Å². The van der Waals surface area contributed by atoms with E-state index in [1.807, 2.05) is 0 Å². The summed E-state index contributed by atoms with van der Waals surface area (Å²) in [5.74, 6) is 0.235. The summed E-state index contributed by atoms with van der Waals surface area (Å²) in [6, 6.07) is 0. The molecule has 0 saturated heterocycles. The lowest BCUT2D eigenvalue weighted by molar-refractivity contribution is -0.137. The van der Waals surface area contributed by atoms with Crippen molar-refractivity contribution in [3.05, 3.63) is 0 Å². The maximum absolute atomic E-state index is 10.4. The fourth-order valence-corrected chi connectivity index (χ4v) is 1.73. The van der Waals surface area contributed by atoms with Gasteiger partial charge in [-0.25, -0.2) is 0 Å². The molecule has 0 bridgehead atoms. The number of nitrogens with zero attached hydrogens (tertiary/aromatic N) is 1. The number of rotatable bonds is 8. The van der Waals surface area contributed by atoms with Crippen molar-refractivity contribution in [2.45, 2.75) is 39.0 Å². The molecule has 1 N–H and O–H groups in total. The highest BCUT2D eigenvalue weighted by Gasteiger charge is 2.23. The zero-order valence-corrected chi connectivity index (χ0v) is 9.04. The molecule has 0 atom stereocenters. The summed E-state index contributed by atoms with van der Waals surface area (Å²) in [4.78, 5) is 12.8. The SMILES string of the molecule is CCCN(CCCC(=O)O)CC1CC1. The molecule has 1 aliphatic rings. The van der Waals surface area contributed by atoms with E-state index in [2.05, 4.69) is 11.8 Å². The first-order valence-corrected chi connectivity index (χ1v) is 5.66. The summed E-state index contributed by atoms with van der Waals surface area (Å²) >= 11 is 0. The molecular weight excluding hydrogens is 178 g/mol. The lowest BCUT2D eigenvalue weighted by Gasteiger charge is -2.20. The molecule has 3 nitrogen and oxygen atoms in total. The van der Waals surface area contributed by atoms with Crippen molar-refractivity contribution in [1.29, 1.82) is 0 Å². The van der Waals surface area contributed by atoms with E-state index in [0.717, 1.165) is 25.4 Å². The minimum Gasteiger partial charge on any atom is -0.481 e. The van der Waals surface area contributed by atoms with Gasteiger partial charge in [-0.15, -0.1) is 0 Å². The average molecular weight is 199 g/mol. The Bertz CT molecular complexity index is 178. The van der Waals surface area contributed by atoms with Crippen LogP contribution in [0.2, 0.25) is 0 Å². The van der Waals surface area contributed by atoms with Gasteiger partial charge in [0.25, 0.3) is 0 Å². The van der Waals surface area contributed by atoms with E-state index in [0.29, 0.717) is 6.42 Å². The molecule has 3 heteroatoms. The Morgan fingerprint density at radius 1 is 1.43 bits per heavy atom. The third-order valence-corrected chi connectivity index (χ3v) is 2.62. The lowest BCUT2D eigenvalue weighted by atomic mass is 10.2. The van der Waals surface area contributed by atoms with Crippen LogP contribution in [0.25, 0.3) is 0 Å². The topological polar surface area (TPSA) is 40.5 Å². The van der Waals surface area contributed by atoms with Crippen LogP contribution in [0.4, 0.5) is 0 Å². The average Bonchev–Trinajstić information content (AvgIpc) is 2.88. The number of hydrogen-bond acceptors (Lipinski definition) is 2. The van der Waals surface area contributed by atoms with Gasteiger partial charge in [-0.05, 0) is 44.7 Å². The summed E-state index contributed by atoms with van der Waals surface area (Å²) in [6.07, 6.45) is 5.02. The van der Waals surface area contributed by atoms with Gasteiger partial charge in [0.2, 0.25) is 0 Å². The predicted molar refractivity (Wildman–Crippen MR) is 56.3 cm³/mol. The quantitative estimate of drug-likeness (QED) is 0.649. The molecule has 1 aliphatic carbocycles. The Balaban J connectivity index is 2.09. The summed E-state index contributed by atoms with van der Waals surface area (Å²) in [5, 5.41) is 8.53. The predicted octanol–water partition coefficient (Wildman–Crippen LogP) is 1.97. The first kappa shape index (κ1) is 11.5. The fraction of sp³-hybridized carbons (Fsp3) is 0.909. The van der Waals surface area contributed by atoms with E-state index in [9.17, 15) is 4.79 Å². The molecular formula is C11H21NO2. The van der Waals surface area contributed by atoms with Gasteiger partial charge in [-0.1, -0.05) is 6.92 Å². The lowest BCUT2D eigenvalue weighted by Crippen LogP contribution is -2.28. The molecule has 1 saturated carbocycles. The zero-order valence-electron chi connectivity index (χ0n) is 9.04. The Morgan fingerprint density at radius 2 is 2.14 bits per heavy atom. The van der Waals surface area contributed by atoms with E-state index in [1.165, 1.54) is 25.8 Å². The van der Waals surface area contributed by atoms with E-state index < -0.39 is 5.97 Å². The monoisotopic (exact) mass is 199 g/mol. The van der Waals surface area contributed by atoms with Crippen molar-refractivity contribution >= 4 is 5.97 Å². The molecule has 0 unspecified atom stereocenters. The van der Waals surface area contributed by atoms with Crippen molar-refractivity contribution in [1.82, 2.24) is 4.90 Å². The number of carboxylic acid groups (broad SMARTS) is 1. The second-order valence-corrected chi connectivity index (χ2v) is 4.24. The molecule has 1 rings (SSSR count). The van der Waals surface area contributed by atoms with Crippen LogP contribution in [-0.2, 0) is 4.79 Å². The molecule has 1 fully saturated rings. The standard InChI is InChI=1S/C11H21NO2/c1-2-7-12(9-10-5-6-10)8-3-4-11(13)14/h10H,2-9H2,1H3,(H,13,14). The van der Waals surface area contributed by atoms with Crippen LogP contribution in [0.15, 0.2) is 0 Å². The number of aliphatic carboxylic acids is 1. The second-order valence-electron chi connectivity index (χ2n) is 4.24. The highest BCUT2D eigenvalue weighted by Crippen LogP contribution is 2.29. The van der Waals surface area contributed by atoms with Gasteiger partial charge in [-0.3, -0.25) is 4.79 Å². The number of carboxylic acids is 1. The van der Waals surface area contributed by atoms with Crippen molar-refractivity contribution in [3.63, 3.8) is 0 Å². The highest BCUT2D eigenvalue weighted by atomic mass is 16.4. The smallest absolute Gasteiger partial charge is 0.303 e. The van der Waals surface area contributed by atoms with Crippen LogP contribution >= 0.6 is 0 Å². The van der Waals surface area contributed by atoms with E-state index >= 15 is 0 Å². The van der Waals surface area contributed by atoms with Crippen molar-refractivity contribution in [3.8, 4) is 0 Å². The van der Waals surface area contributed by atoms with Crippen LogP contribution in [0.5, 0.6) is 0 Å². The molecule has 0 aliphatic heterocycles. The van der Waals surface area contributed by atoms with E-state index in [4.69, 9.17) is 5.11 Å². The third-order valence-electron chi connectivity index (χ3n) is 2.62. The van der Waals surface area contributed by atoms with Crippen LogP contribution in [0, 0.1) is 5.92 Å². The zero-order chi connectivity index (χ0) is 10.4. The minimum atomic E-state index is -0.673. The molecule has 0 aromatic carbocycles. The Hall–Kier alpha value is -0.570. The maximum atomic E-state index is 10.4. The first-order chi connectivity index (χ1) is 6.72. The van der Waals surface area contributed by atoms with Gasteiger partial charge >= 0.3 is 5.97 Å². The van der Waals surface area contributed by atoms with Gasteiger partial charge in [-0.2, -0.15) is 0 Å². The normalized spacial score (nSPS) is 16.1. The second kappa shape index (κ2) is 6.02. The highest BCUT2D eigenvalue weighted by molar-refractivity contribution is 5.66.